The predicted molar refractivity (Wildman–Crippen MR) is 251 cm³/mol. The summed E-state index contributed by atoms with van der Waals surface area (Å²) in [6.07, 6.45) is 3.41. The number of fused-ring (bicyclic) bond motifs is 2. The highest BCUT2D eigenvalue weighted by molar-refractivity contribution is 8.76. The Kier molecular flexibility index (Phi) is 28.4. The molecule has 9 N–H and O–H groups in total. The summed E-state index contributed by atoms with van der Waals surface area (Å²) in [7, 11) is -2.15. The van der Waals surface area contributed by atoms with Gasteiger partial charge in [0.15, 0.2) is 22.3 Å². The molecule has 0 bridgehead atoms. The highest BCUT2D eigenvalue weighted by Gasteiger charge is 2.26. The van der Waals surface area contributed by atoms with E-state index in [1.54, 1.807) is 26.3 Å². The first-order valence-electron chi connectivity index (χ1n) is 18.5. The molecular weight excluding hydrogens is 975 g/mol. The number of imidazole rings is 2. The van der Waals surface area contributed by atoms with E-state index in [4.69, 9.17) is 86.9 Å². The first-order valence-corrected chi connectivity index (χ1v) is 29.5. The van der Waals surface area contributed by atoms with Crippen molar-refractivity contribution in [3.63, 3.8) is 0 Å². The first kappa shape index (κ1) is 56.4. The number of anilines is 2. The topological polar surface area (TPSA) is 330 Å². The Balaban J connectivity index is 0.000000395. The van der Waals surface area contributed by atoms with Gasteiger partial charge in [-0.3, -0.25) is 9.13 Å². The van der Waals surface area contributed by atoms with Crippen LogP contribution in [0.4, 0.5) is 11.9 Å². The zero-order valence-corrected chi connectivity index (χ0v) is 41.1. The second kappa shape index (κ2) is 31.2. The summed E-state index contributed by atoms with van der Waals surface area (Å²) in [4.78, 5) is 41.8. The minimum absolute atomic E-state index is 0.00125. The molecule has 2 atom stereocenters. The summed E-state index contributed by atoms with van der Waals surface area (Å²) in [5.74, 6) is 4.63. The second-order valence-corrected chi connectivity index (χ2v) is 24.4. The molecule has 0 aliphatic heterocycles. The summed E-state index contributed by atoms with van der Waals surface area (Å²) >= 11 is 10.5. The van der Waals surface area contributed by atoms with E-state index < -0.39 is 40.4 Å². The third kappa shape index (κ3) is 21.9. The van der Waals surface area contributed by atoms with Gasteiger partial charge < -0.3 is 73.7 Å². The second-order valence-electron chi connectivity index (χ2n) is 11.9. The molecule has 2 unspecified atom stereocenters. The van der Waals surface area contributed by atoms with E-state index in [9.17, 15) is 9.13 Å². The van der Waals surface area contributed by atoms with Crippen LogP contribution in [0.3, 0.4) is 0 Å². The third-order valence-corrected chi connectivity index (χ3v) is 16.4. The average molecular weight is 1030 g/mol. The van der Waals surface area contributed by atoms with Crippen LogP contribution in [0, 0.1) is 0 Å². The molecule has 0 amide bonds. The maximum Gasteiger partial charge on any atom is 0.356 e. The van der Waals surface area contributed by atoms with Gasteiger partial charge in [0.25, 0.3) is 0 Å². The number of aromatic nitrogens is 8. The van der Waals surface area contributed by atoms with Crippen LogP contribution >= 0.6 is 36.8 Å². The van der Waals surface area contributed by atoms with Crippen molar-refractivity contribution in [1.29, 1.82) is 0 Å². The fourth-order valence-electron chi connectivity index (χ4n) is 4.46. The standard InChI is InChI=1S/C17H30N5O7PS4.C9H14N5O5P.C5H12OS2/c1-26-16-14-15(20-17(18)21-16)22(12-19-14)2-5-27-13-30(25,28-6-10-33(31)8-3-23)29-7-11-34(32)9-4-24;1-18-8-6-7(12-9(10)13-8)14(4-11-6)2-3-19-5-20(15,16)17;1-2-4-7-8-5-3-6/h12,23-24H,2-11,13H2,1H3,(H2,18,20,21);4H,2-3,5H2,1H3,(H2,10,12,13)(H2,15,16,17);6H,2-5H2,1H3. The summed E-state index contributed by atoms with van der Waals surface area (Å²) in [6.45, 7) is 3.68. The maximum atomic E-state index is 13.2. The lowest BCUT2D eigenvalue weighted by atomic mass is 10.5. The van der Waals surface area contributed by atoms with Crippen molar-refractivity contribution in [3.8, 4) is 11.8 Å². The van der Waals surface area contributed by atoms with Gasteiger partial charge in [0.05, 0.1) is 73.1 Å². The maximum absolute atomic E-state index is 13.2. The molecule has 0 aliphatic carbocycles. The van der Waals surface area contributed by atoms with Crippen molar-refractivity contribution < 1.29 is 62.2 Å². The molecule has 4 rings (SSSR count). The number of aliphatic hydroxyl groups is 3. The molecule has 4 aromatic heterocycles. The predicted octanol–water partition coefficient (Wildman–Crippen LogP) is 1.10. The van der Waals surface area contributed by atoms with E-state index >= 15 is 0 Å². The van der Waals surface area contributed by atoms with Crippen LogP contribution in [-0.4, -0.2) is 172 Å². The van der Waals surface area contributed by atoms with Gasteiger partial charge in [-0.1, -0.05) is 50.9 Å². The molecule has 0 radical (unpaired) electrons. The highest BCUT2D eigenvalue weighted by Crippen LogP contribution is 2.48. The van der Waals surface area contributed by atoms with Crippen molar-refractivity contribution >= 4 is 112 Å². The Labute approximate surface area is 381 Å². The molecule has 0 spiro atoms. The van der Waals surface area contributed by atoms with Crippen molar-refractivity contribution in [2.24, 2.45) is 0 Å². The number of nitrogen functional groups attached to an aromatic ring is 2. The number of hydrogen-bond donors (Lipinski definition) is 7. The molecule has 0 saturated carbocycles. The molecule has 0 aromatic carbocycles. The number of methoxy groups -OCH3 is 2. The van der Waals surface area contributed by atoms with Gasteiger partial charge in [0.2, 0.25) is 23.7 Å². The number of ether oxygens (including phenoxy) is 4. The summed E-state index contributed by atoms with van der Waals surface area (Å²) in [5.41, 5.74) is 13.2. The van der Waals surface area contributed by atoms with E-state index in [1.807, 2.05) is 10.8 Å². The van der Waals surface area contributed by atoms with E-state index in [2.05, 4.69) is 36.8 Å². The third-order valence-electron chi connectivity index (χ3n) is 7.13. The minimum Gasteiger partial charge on any atom is -0.479 e. The number of nitrogens with zero attached hydrogens (tertiary/aromatic N) is 8. The van der Waals surface area contributed by atoms with Gasteiger partial charge in [-0.2, -0.15) is 19.9 Å². The van der Waals surface area contributed by atoms with Crippen LogP contribution < -0.4 is 20.9 Å². The van der Waals surface area contributed by atoms with Gasteiger partial charge in [0.1, 0.15) is 12.7 Å². The van der Waals surface area contributed by atoms with Gasteiger partial charge >= 0.3 is 15.2 Å². The monoisotopic (exact) mass is 1030 g/mol. The minimum atomic E-state index is -4.15. The Hall–Kier alpha value is -1.76. The molecular formula is C31H56N10O13P2S6. The number of aliphatic hydroxyl groups excluding tert-OH is 3. The first-order chi connectivity index (χ1) is 29.6. The molecule has 0 saturated heterocycles. The molecule has 4 heterocycles. The van der Waals surface area contributed by atoms with Crippen molar-refractivity contribution in [2.75, 3.05) is 119 Å². The molecule has 4 aromatic rings. The normalized spacial score (nSPS) is 13.5. The van der Waals surface area contributed by atoms with Crippen LogP contribution in [0.15, 0.2) is 12.7 Å². The molecule has 62 heavy (non-hydrogen) atoms. The van der Waals surface area contributed by atoms with E-state index in [-0.39, 0.29) is 69.6 Å². The molecule has 31 heteroatoms. The van der Waals surface area contributed by atoms with Gasteiger partial charge in [-0.05, 0) is 6.42 Å². The Morgan fingerprint density at radius 1 is 0.694 bits per heavy atom. The summed E-state index contributed by atoms with van der Waals surface area (Å²) < 4.78 is 59.0. The smallest absolute Gasteiger partial charge is 0.356 e. The van der Waals surface area contributed by atoms with Crippen LogP contribution in [0.5, 0.6) is 11.8 Å². The molecule has 23 nitrogen and oxygen atoms in total. The molecule has 354 valence electrons. The largest absolute Gasteiger partial charge is 0.479 e. The van der Waals surface area contributed by atoms with Crippen LogP contribution in [0.25, 0.3) is 22.3 Å². The Morgan fingerprint density at radius 3 is 1.55 bits per heavy atom. The van der Waals surface area contributed by atoms with E-state index in [0.29, 0.717) is 65.0 Å². The lowest BCUT2D eigenvalue weighted by molar-refractivity contribution is 0.128. The highest BCUT2D eigenvalue weighted by atomic mass is 33.1. The lowest BCUT2D eigenvalue weighted by Gasteiger charge is -2.19. The zero-order valence-electron chi connectivity index (χ0n) is 34.5. The molecule has 0 aliphatic rings. The van der Waals surface area contributed by atoms with E-state index in [0.717, 1.165) is 5.75 Å². The Bertz CT molecular complexity index is 2020. The van der Waals surface area contributed by atoms with Crippen LogP contribution in [0.1, 0.15) is 13.3 Å². The fraction of sp³-hybridized carbons (Fsp3) is 0.677. The Morgan fingerprint density at radius 2 is 1.15 bits per heavy atom. The zero-order chi connectivity index (χ0) is 46.0. The molecule has 0 fully saturated rings. The van der Waals surface area contributed by atoms with Crippen molar-refractivity contribution in [3.05, 3.63) is 12.7 Å². The van der Waals surface area contributed by atoms with E-state index in [1.165, 1.54) is 32.7 Å². The van der Waals surface area contributed by atoms with Crippen LogP contribution in [-0.2, 0) is 82.0 Å². The van der Waals surface area contributed by atoms with Crippen molar-refractivity contribution in [1.82, 2.24) is 39.0 Å². The SMILES string of the molecule is CCCSSCCO.COc1nc(N)nc2c1ncn2CCOCP(=O)(O)O.COc1nc(N)nc2c1ncn2CCOCP(=O)(OCCS(=S)CCO)OCCS(=S)CCO. The number of rotatable bonds is 29. The summed E-state index contributed by atoms with van der Waals surface area (Å²) in [6, 6.07) is 0. The van der Waals surface area contributed by atoms with Gasteiger partial charge in [0, 0.05) is 47.6 Å². The summed E-state index contributed by atoms with van der Waals surface area (Å²) in [5, 5.41) is 26.3. The quantitative estimate of drug-likeness (QED) is 0.0227. The van der Waals surface area contributed by atoms with Gasteiger partial charge in [-0.15, -0.1) is 18.9 Å². The van der Waals surface area contributed by atoms with Crippen LogP contribution in [0.2, 0.25) is 0 Å². The van der Waals surface area contributed by atoms with Gasteiger partial charge in [-0.25, -0.2) is 9.97 Å². The number of hydrogen-bond acceptors (Lipinski definition) is 23. The fourth-order valence-corrected chi connectivity index (χ4v) is 10.5. The van der Waals surface area contributed by atoms with Crippen molar-refractivity contribution in [2.45, 2.75) is 26.4 Å². The average Bonchev–Trinajstić information content (AvgIpc) is 3.83. The lowest BCUT2D eigenvalue weighted by Crippen LogP contribution is -2.15. The number of nitrogens with two attached hydrogens (primary N) is 2.